The average molecular weight is 251 g/mol. The van der Waals surface area contributed by atoms with E-state index >= 15 is 0 Å². The van der Waals surface area contributed by atoms with Gasteiger partial charge >= 0.3 is 0 Å². The highest BCUT2D eigenvalue weighted by molar-refractivity contribution is 7.98. The first kappa shape index (κ1) is 14.3. The van der Waals surface area contributed by atoms with Crippen molar-refractivity contribution < 1.29 is 4.79 Å². The van der Waals surface area contributed by atoms with Gasteiger partial charge in [0.05, 0.1) is 0 Å². The molecule has 0 aliphatic rings. The maximum Gasteiger partial charge on any atom is 0.150 e. The van der Waals surface area contributed by atoms with Gasteiger partial charge in [-0.25, -0.2) is 0 Å². The Morgan fingerprint density at radius 3 is 2.29 bits per heavy atom. The van der Waals surface area contributed by atoms with Crippen LogP contribution in [-0.4, -0.2) is 11.0 Å². The van der Waals surface area contributed by atoms with Crippen LogP contribution in [0.25, 0.3) is 0 Å². The SMILES string of the molecule is CCC(NSC(C)(C)C)c1ccc(C=O)cc1. The lowest BCUT2D eigenvalue weighted by atomic mass is 10.0. The third-order valence-electron chi connectivity index (χ3n) is 2.39. The summed E-state index contributed by atoms with van der Waals surface area (Å²) in [6.45, 7) is 8.72. The van der Waals surface area contributed by atoms with Crippen LogP contribution >= 0.6 is 11.9 Å². The minimum atomic E-state index is 0.205. The molecule has 1 unspecified atom stereocenters. The largest absolute Gasteiger partial charge is 0.298 e. The lowest BCUT2D eigenvalue weighted by Gasteiger charge is -2.23. The van der Waals surface area contributed by atoms with E-state index < -0.39 is 0 Å². The standard InChI is InChI=1S/C14H21NOS/c1-5-13(15-17-14(2,3)4)12-8-6-11(10-16)7-9-12/h6-10,13,15H,5H2,1-4H3. The van der Waals surface area contributed by atoms with Crippen molar-refractivity contribution in [3.05, 3.63) is 35.4 Å². The zero-order valence-corrected chi connectivity index (χ0v) is 11.8. The Morgan fingerprint density at radius 2 is 1.88 bits per heavy atom. The summed E-state index contributed by atoms with van der Waals surface area (Å²) in [5.41, 5.74) is 1.96. The molecule has 2 nitrogen and oxygen atoms in total. The molecule has 0 aliphatic heterocycles. The van der Waals surface area contributed by atoms with E-state index in [1.54, 1.807) is 11.9 Å². The summed E-state index contributed by atoms with van der Waals surface area (Å²) >= 11 is 1.75. The molecule has 1 aromatic rings. The van der Waals surface area contributed by atoms with Crippen LogP contribution in [0.2, 0.25) is 0 Å². The van der Waals surface area contributed by atoms with E-state index in [0.29, 0.717) is 6.04 Å². The molecule has 1 rings (SSSR count). The second kappa shape index (κ2) is 6.22. The van der Waals surface area contributed by atoms with Gasteiger partial charge in [-0.15, -0.1) is 0 Å². The van der Waals surface area contributed by atoms with Gasteiger partial charge in [0.25, 0.3) is 0 Å². The normalized spacial score (nSPS) is 13.4. The molecule has 1 aromatic carbocycles. The lowest BCUT2D eigenvalue weighted by Crippen LogP contribution is -2.21. The number of rotatable bonds is 5. The summed E-state index contributed by atoms with van der Waals surface area (Å²) in [6, 6.07) is 8.12. The molecule has 0 spiro atoms. The Hall–Kier alpha value is -0.800. The fourth-order valence-corrected chi connectivity index (χ4v) is 2.24. The first-order chi connectivity index (χ1) is 7.96. The quantitative estimate of drug-likeness (QED) is 0.634. The van der Waals surface area contributed by atoms with Gasteiger partial charge in [-0.3, -0.25) is 9.52 Å². The number of hydrogen-bond acceptors (Lipinski definition) is 3. The molecule has 0 saturated heterocycles. The smallest absolute Gasteiger partial charge is 0.150 e. The summed E-state index contributed by atoms with van der Waals surface area (Å²) in [5.74, 6) is 0. The zero-order chi connectivity index (χ0) is 12.9. The van der Waals surface area contributed by atoms with Crippen molar-refractivity contribution in [2.24, 2.45) is 0 Å². The Morgan fingerprint density at radius 1 is 1.29 bits per heavy atom. The summed E-state index contributed by atoms with van der Waals surface area (Å²) < 4.78 is 3.70. The summed E-state index contributed by atoms with van der Waals surface area (Å²) in [6.07, 6.45) is 1.91. The third-order valence-corrected chi connectivity index (χ3v) is 3.41. The second-order valence-electron chi connectivity index (χ2n) is 5.08. The van der Waals surface area contributed by atoms with Crippen LogP contribution in [-0.2, 0) is 0 Å². The summed E-state index contributed by atoms with van der Waals surface area (Å²) in [5, 5.41) is 0. The maximum atomic E-state index is 10.6. The molecule has 17 heavy (non-hydrogen) atoms. The number of nitrogens with one attached hydrogen (secondary N) is 1. The molecule has 1 atom stereocenters. The average Bonchev–Trinajstić information content (AvgIpc) is 2.29. The molecule has 3 heteroatoms. The fraction of sp³-hybridized carbons (Fsp3) is 0.500. The molecule has 0 aromatic heterocycles. The number of aldehydes is 1. The van der Waals surface area contributed by atoms with Gasteiger partial charge in [0.15, 0.2) is 0 Å². The number of benzene rings is 1. The predicted molar refractivity (Wildman–Crippen MR) is 75.3 cm³/mol. The maximum absolute atomic E-state index is 10.6. The van der Waals surface area contributed by atoms with E-state index in [1.807, 2.05) is 24.3 Å². The van der Waals surface area contributed by atoms with E-state index in [2.05, 4.69) is 32.4 Å². The molecule has 0 aliphatic carbocycles. The summed E-state index contributed by atoms with van der Waals surface area (Å²) in [7, 11) is 0. The summed E-state index contributed by atoms with van der Waals surface area (Å²) in [4.78, 5) is 10.6. The zero-order valence-electron chi connectivity index (χ0n) is 11.0. The molecule has 0 amide bonds. The van der Waals surface area contributed by atoms with Crippen molar-refractivity contribution in [3.63, 3.8) is 0 Å². The minimum Gasteiger partial charge on any atom is -0.298 e. The van der Waals surface area contributed by atoms with E-state index in [4.69, 9.17) is 0 Å². The fourth-order valence-electron chi connectivity index (χ4n) is 1.44. The van der Waals surface area contributed by atoms with Gasteiger partial charge in [0.1, 0.15) is 6.29 Å². The van der Waals surface area contributed by atoms with Crippen LogP contribution < -0.4 is 4.72 Å². The van der Waals surface area contributed by atoms with Crippen LogP contribution in [0, 0.1) is 0 Å². The minimum absolute atomic E-state index is 0.205. The van der Waals surface area contributed by atoms with Gasteiger partial charge in [-0.05, 0) is 32.8 Å². The van der Waals surface area contributed by atoms with Gasteiger partial charge in [-0.2, -0.15) is 0 Å². The van der Waals surface area contributed by atoms with Crippen molar-refractivity contribution in [1.29, 1.82) is 0 Å². The molecule has 1 N–H and O–H groups in total. The van der Waals surface area contributed by atoms with Crippen molar-refractivity contribution in [2.45, 2.75) is 44.9 Å². The van der Waals surface area contributed by atoms with E-state index in [1.165, 1.54) is 5.56 Å². The van der Waals surface area contributed by atoms with Crippen molar-refractivity contribution in [2.75, 3.05) is 0 Å². The highest BCUT2D eigenvalue weighted by Gasteiger charge is 2.15. The monoisotopic (exact) mass is 251 g/mol. The van der Waals surface area contributed by atoms with Gasteiger partial charge in [-0.1, -0.05) is 43.1 Å². The van der Waals surface area contributed by atoms with E-state index in [9.17, 15) is 4.79 Å². The Balaban J connectivity index is 2.69. The molecule has 0 fully saturated rings. The van der Waals surface area contributed by atoms with Crippen molar-refractivity contribution in [3.8, 4) is 0 Å². The highest BCUT2D eigenvalue weighted by atomic mass is 32.2. The lowest BCUT2D eigenvalue weighted by molar-refractivity contribution is 0.112. The number of carbonyl (C=O) groups excluding carboxylic acids is 1. The van der Waals surface area contributed by atoms with E-state index in [-0.39, 0.29) is 4.75 Å². The van der Waals surface area contributed by atoms with Crippen LogP contribution in [0.5, 0.6) is 0 Å². The highest BCUT2D eigenvalue weighted by Crippen LogP contribution is 2.26. The van der Waals surface area contributed by atoms with Gasteiger partial charge in [0, 0.05) is 16.4 Å². The second-order valence-corrected chi connectivity index (χ2v) is 6.74. The predicted octanol–water partition coefficient (Wildman–Crippen LogP) is 3.99. The van der Waals surface area contributed by atoms with Crippen LogP contribution in [0.3, 0.4) is 0 Å². The Bertz CT molecular complexity index is 353. The van der Waals surface area contributed by atoms with Crippen LogP contribution in [0.4, 0.5) is 0 Å². The van der Waals surface area contributed by atoms with E-state index in [0.717, 1.165) is 18.3 Å². The number of carbonyl (C=O) groups is 1. The molecule has 0 radical (unpaired) electrons. The third kappa shape index (κ3) is 4.92. The van der Waals surface area contributed by atoms with Crippen LogP contribution in [0.15, 0.2) is 24.3 Å². The molecular formula is C14H21NOS. The number of hydrogen-bond donors (Lipinski definition) is 1. The van der Waals surface area contributed by atoms with Crippen LogP contribution in [0.1, 0.15) is 56.1 Å². The van der Waals surface area contributed by atoms with Crippen molar-refractivity contribution in [1.82, 2.24) is 4.72 Å². The van der Waals surface area contributed by atoms with Gasteiger partial charge in [0.2, 0.25) is 0 Å². The molecule has 0 saturated carbocycles. The molecular weight excluding hydrogens is 230 g/mol. The van der Waals surface area contributed by atoms with Gasteiger partial charge < -0.3 is 0 Å². The molecule has 0 bridgehead atoms. The first-order valence-corrected chi connectivity index (χ1v) is 6.76. The van der Waals surface area contributed by atoms with Crippen molar-refractivity contribution >= 4 is 18.2 Å². The first-order valence-electron chi connectivity index (χ1n) is 5.95. The topological polar surface area (TPSA) is 29.1 Å². The molecule has 0 heterocycles. The molecule has 94 valence electrons. The Kier molecular flexibility index (Phi) is 5.22. The Labute approximate surface area is 108 Å².